The topological polar surface area (TPSA) is 71.8 Å². The smallest absolute Gasteiger partial charge is 0.270 e. The van der Waals surface area contributed by atoms with Crippen molar-refractivity contribution in [3.8, 4) is 0 Å². The van der Waals surface area contributed by atoms with Crippen LogP contribution >= 0.6 is 15.9 Å². The van der Waals surface area contributed by atoms with Gasteiger partial charge in [0, 0.05) is 6.07 Å². The Balaban J connectivity index is 2.81. The van der Waals surface area contributed by atoms with Crippen molar-refractivity contribution in [3.05, 3.63) is 32.4 Å². The van der Waals surface area contributed by atoms with Crippen LogP contribution in [0.2, 0.25) is 0 Å². The summed E-state index contributed by atoms with van der Waals surface area (Å²) in [5.41, 5.74) is 1.62. The zero-order chi connectivity index (χ0) is 11.9. The van der Waals surface area contributed by atoms with Gasteiger partial charge in [0.2, 0.25) is 0 Å². The van der Waals surface area contributed by atoms with Crippen molar-refractivity contribution in [2.75, 3.05) is 0 Å². The Morgan fingerprint density at radius 3 is 2.75 bits per heavy atom. The third kappa shape index (κ3) is 1.69. The van der Waals surface area contributed by atoms with Gasteiger partial charge in [0.1, 0.15) is 15.5 Å². The second-order valence-corrected chi connectivity index (χ2v) is 4.68. The maximum absolute atomic E-state index is 11.0. The molecule has 2 rings (SSSR count). The average molecular weight is 284 g/mol. The highest BCUT2D eigenvalue weighted by Crippen LogP contribution is 2.33. The van der Waals surface area contributed by atoms with Crippen LogP contribution in [0.3, 0.4) is 0 Å². The number of nitrogens with one attached hydrogen (secondary N) is 1. The fourth-order valence-corrected chi connectivity index (χ4v) is 2.08. The van der Waals surface area contributed by atoms with E-state index in [1.54, 1.807) is 6.07 Å². The third-order valence-corrected chi connectivity index (χ3v) is 3.05. The highest BCUT2D eigenvalue weighted by molar-refractivity contribution is 9.10. The number of H-pyrrole nitrogens is 1. The molecule has 0 radical (unpaired) electrons. The van der Waals surface area contributed by atoms with E-state index >= 15 is 0 Å². The van der Waals surface area contributed by atoms with Crippen molar-refractivity contribution in [1.29, 1.82) is 0 Å². The molecule has 0 atom stereocenters. The summed E-state index contributed by atoms with van der Waals surface area (Å²) in [5.74, 6) is 0.235. The molecular weight excluding hydrogens is 274 g/mol. The molecule has 0 amide bonds. The number of non-ortho nitro benzene ring substituents is 1. The second kappa shape index (κ2) is 3.86. The van der Waals surface area contributed by atoms with Crippen LogP contribution in [0.5, 0.6) is 0 Å². The highest BCUT2D eigenvalue weighted by Gasteiger charge is 2.19. The minimum atomic E-state index is -0.380. The van der Waals surface area contributed by atoms with Gasteiger partial charge in [-0.05, 0) is 33.5 Å². The molecule has 0 aliphatic carbocycles. The van der Waals surface area contributed by atoms with E-state index in [0.717, 1.165) is 5.56 Å². The Kier molecular flexibility index (Phi) is 2.67. The molecule has 5 nitrogen and oxygen atoms in total. The van der Waals surface area contributed by atoms with E-state index in [1.165, 1.54) is 0 Å². The van der Waals surface area contributed by atoms with E-state index < -0.39 is 0 Å². The fourth-order valence-electron chi connectivity index (χ4n) is 1.59. The molecule has 0 spiro atoms. The van der Waals surface area contributed by atoms with Crippen molar-refractivity contribution in [2.24, 2.45) is 0 Å². The number of nitro groups is 1. The SMILES string of the molecule is CC(C)c1cc([N+](=O)[O-])c2c(Br)[nH]nc2c1. The van der Waals surface area contributed by atoms with E-state index in [-0.39, 0.29) is 16.5 Å². The number of hydrogen-bond acceptors (Lipinski definition) is 3. The van der Waals surface area contributed by atoms with E-state index in [1.807, 2.05) is 19.9 Å². The molecule has 0 aliphatic rings. The van der Waals surface area contributed by atoms with Crippen molar-refractivity contribution in [1.82, 2.24) is 10.2 Å². The summed E-state index contributed by atoms with van der Waals surface area (Å²) in [7, 11) is 0. The summed E-state index contributed by atoms with van der Waals surface area (Å²) in [6.45, 7) is 3.99. The number of benzene rings is 1. The van der Waals surface area contributed by atoms with Crippen molar-refractivity contribution >= 4 is 32.5 Å². The first kappa shape index (κ1) is 11.1. The molecule has 2 aromatic rings. The molecule has 0 unspecified atom stereocenters. The van der Waals surface area contributed by atoms with Crippen LogP contribution in [0.4, 0.5) is 5.69 Å². The van der Waals surface area contributed by atoms with Crippen LogP contribution in [0, 0.1) is 10.1 Å². The fraction of sp³-hybridized carbons (Fsp3) is 0.300. The molecule has 0 bridgehead atoms. The molecule has 1 heterocycles. The van der Waals surface area contributed by atoms with Gasteiger partial charge in [0.15, 0.2) is 0 Å². The summed E-state index contributed by atoms with van der Waals surface area (Å²) < 4.78 is 0.546. The van der Waals surface area contributed by atoms with E-state index in [4.69, 9.17) is 0 Å². The number of nitrogens with zero attached hydrogens (tertiary/aromatic N) is 2. The van der Waals surface area contributed by atoms with Crippen LogP contribution in [0.25, 0.3) is 10.9 Å². The minimum absolute atomic E-state index is 0.0850. The lowest BCUT2D eigenvalue weighted by atomic mass is 10.0. The summed E-state index contributed by atoms with van der Waals surface area (Å²) >= 11 is 3.23. The number of aromatic amines is 1. The maximum atomic E-state index is 11.0. The lowest BCUT2D eigenvalue weighted by molar-refractivity contribution is -0.383. The van der Waals surface area contributed by atoms with E-state index in [0.29, 0.717) is 15.5 Å². The van der Waals surface area contributed by atoms with Crippen LogP contribution in [0.1, 0.15) is 25.3 Å². The standard InChI is InChI=1S/C10H10BrN3O2/c1-5(2)6-3-7-9(10(11)13-12-7)8(4-6)14(15)16/h3-5H,1-2H3,(H,12,13). The monoisotopic (exact) mass is 283 g/mol. The normalized spacial score (nSPS) is 11.2. The zero-order valence-electron chi connectivity index (χ0n) is 8.82. The molecule has 84 valence electrons. The first-order chi connectivity index (χ1) is 7.50. The summed E-state index contributed by atoms with van der Waals surface area (Å²) in [6, 6.07) is 3.47. The Morgan fingerprint density at radius 1 is 1.50 bits per heavy atom. The third-order valence-electron chi connectivity index (χ3n) is 2.48. The number of rotatable bonds is 2. The van der Waals surface area contributed by atoms with Crippen molar-refractivity contribution in [3.63, 3.8) is 0 Å². The molecule has 1 aromatic heterocycles. The van der Waals surface area contributed by atoms with Gasteiger partial charge >= 0.3 is 0 Å². The molecule has 0 saturated carbocycles. The molecule has 6 heteroatoms. The average Bonchev–Trinajstić information content (AvgIpc) is 2.59. The maximum Gasteiger partial charge on any atom is 0.281 e. The van der Waals surface area contributed by atoms with Crippen LogP contribution in [-0.2, 0) is 0 Å². The van der Waals surface area contributed by atoms with Gasteiger partial charge in [-0.25, -0.2) is 0 Å². The van der Waals surface area contributed by atoms with Crippen molar-refractivity contribution in [2.45, 2.75) is 19.8 Å². The lowest BCUT2D eigenvalue weighted by Crippen LogP contribution is -1.93. The first-order valence-electron chi connectivity index (χ1n) is 4.82. The van der Waals surface area contributed by atoms with Crippen LogP contribution in [-0.4, -0.2) is 15.1 Å². The molecule has 1 aromatic carbocycles. The van der Waals surface area contributed by atoms with Crippen LogP contribution < -0.4 is 0 Å². The van der Waals surface area contributed by atoms with Gasteiger partial charge in [-0.3, -0.25) is 15.2 Å². The molecule has 0 aliphatic heterocycles. The van der Waals surface area contributed by atoms with Gasteiger partial charge in [-0.15, -0.1) is 0 Å². The summed E-state index contributed by atoms with van der Waals surface area (Å²) in [6.07, 6.45) is 0. The van der Waals surface area contributed by atoms with Gasteiger partial charge in [-0.1, -0.05) is 13.8 Å². The van der Waals surface area contributed by atoms with Crippen LogP contribution in [0.15, 0.2) is 16.7 Å². The van der Waals surface area contributed by atoms with Gasteiger partial charge < -0.3 is 0 Å². The van der Waals surface area contributed by atoms with Crippen molar-refractivity contribution < 1.29 is 4.92 Å². The second-order valence-electron chi connectivity index (χ2n) is 3.88. The molecule has 0 fully saturated rings. The number of halogens is 1. The highest BCUT2D eigenvalue weighted by atomic mass is 79.9. The van der Waals surface area contributed by atoms with E-state index in [9.17, 15) is 10.1 Å². The Bertz CT molecular complexity index is 562. The predicted octanol–water partition coefficient (Wildman–Crippen LogP) is 3.36. The van der Waals surface area contributed by atoms with Gasteiger partial charge in [0.25, 0.3) is 5.69 Å². The Hall–Kier alpha value is -1.43. The summed E-state index contributed by atoms with van der Waals surface area (Å²) in [5, 5.41) is 18.2. The van der Waals surface area contributed by atoms with Gasteiger partial charge in [-0.2, -0.15) is 5.10 Å². The minimum Gasteiger partial charge on any atom is -0.270 e. The van der Waals surface area contributed by atoms with Gasteiger partial charge in [0.05, 0.1) is 4.92 Å². The summed E-state index contributed by atoms with van der Waals surface area (Å²) in [4.78, 5) is 10.6. The van der Waals surface area contributed by atoms with E-state index in [2.05, 4.69) is 26.1 Å². The number of aromatic nitrogens is 2. The number of nitro benzene ring substituents is 1. The molecule has 1 N–H and O–H groups in total. The Labute approximate surface area is 100 Å². The number of hydrogen-bond donors (Lipinski definition) is 1. The molecule has 16 heavy (non-hydrogen) atoms. The number of fused-ring (bicyclic) bond motifs is 1. The molecular formula is C10H10BrN3O2. The quantitative estimate of drug-likeness (QED) is 0.679. The first-order valence-corrected chi connectivity index (χ1v) is 5.62. The predicted molar refractivity (Wildman–Crippen MR) is 64.5 cm³/mol. The molecule has 0 saturated heterocycles. The lowest BCUT2D eigenvalue weighted by Gasteiger charge is -2.04. The Morgan fingerprint density at radius 2 is 2.19 bits per heavy atom. The zero-order valence-corrected chi connectivity index (χ0v) is 10.4. The largest absolute Gasteiger partial charge is 0.281 e.